The van der Waals surface area contributed by atoms with Gasteiger partial charge in [0.2, 0.25) is 5.91 Å². The third kappa shape index (κ3) is 6.31. The number of nitrogens with zero attached hydrogens (tertiary/aromatic N) is 2. The van der Waals surface area contributed by atoms with Crippen molar-refractivity contribution in [3.63, 3.8) is 0 Å². The lowest BCUT2D eigenvalue weighted by molar-refractivity contribution is -0.114. The number of carbonyl (C=O) groups excluding carboxylic acids is 1. The Hall–Kier alpha value is -3.85. The number of benzene rings is 4. The molecule has 0 aliphatic heterocycles. The van der Waals surface area contributed by atoms with E-state index in [2.05, 4.69) is 32.0 Å². The lowest BCUT2D eigenvalue weighted by Crippen LogP contribution is -2.37. The number of amides is 1. The highest BCUT2D eigenvalue weighted by molar-refractivity contribution is 9.10. The van der Waals surface area contributed by atoms with Crippen LogP contribution < -0.4 is 21.6 Å². The molecule has 0 fully saturated rings. The first kappa shape index (κ1) is 27.7. The molecule has 0 aliphatic carbocycles. The van der Waals surface area contributed by atoms with Gasteiger partial charge >= 0.3 is 0 Å². The average molecular weight is 637 g/mol. The smallest absolute Gasteiger partial charge is 0.280 e. The van der Waals surface area contributed by atoms with Gasteiger partial charge in [0, 0.05) is 22.3 Å². The van der Waals surface area contributed by atoms with Crippen molar-refractivity contribution in [2.45, 2.75) is 13.3 Å². The number of carbonyl (C=O) groups is 1. The number of hydrogen-bond acceptors (Lipinski definition) is 5. The van der Waals surface area contributed by atoms with Crippen molar-refractivity contribution in [2.75, 3.05) is 22.6 Å². The fourth-order valence-corrected chi connectivity index (χ4v) is 5.14. The van der Waals surface area contributed by atoms with Crippen LogP contribution in [0.1, 0.15) is 17.0 Å². The van der Waals surface area contributed by atoms with E-state index in [1.807, 2.05) is 61.5 Å². The minimum absolute atomic E-state index is 0.142. The fourth-order valence-electron chi connectivity index (χ4n) is 4.28. The first-order valence-corrected chi connectivity index (χ1v) is 13.9. The highest BCUT2D eigenvalue weighted by Crippen LogP contribution is 2.34. The van der Waals surface area contributed by atoms with E-state index in [0.29, 0.717) is 38.1 Å². The summed E-state index contributed by atoms with van der Waals surface area (Å²) in [6.07, 6.45) is 0.277. The Morgan fingerprint density at radius 1 is 0.950 bits per heavy atom. The zero-order chi connectivity index (χ0) is 28.2. The number of hydrogen-bond donors (Lipinski definition) is 3. The first-order valence-electron chi connectivity index (χ1n) is 12.4. The molecule has 0 radical (unpaired) electrons. The molecule has 1 heterocycles. The second-order valence-corrected chi connectivity index (χ2v) is 10.9. The maximum Gasteiger partial charge on any atom is 0.280 e. The molecule has 5 aromatic rings. The molecule has 7 nitrogen and oxygen atoms in total. The van der Waals surface area contributed by atoms with E-state index < -0.39 is 0 Å². The zero-order valence-electron chi connectivity index (χ0n) is 21.3. The van der Waals surface area contributed by atoms with Crippen LogP contribution in [-0.4, -0.2) is 22.1 Å². The van der Waals surface area contributed by atoms with Crippen LogP contribution in [0.5, 0.6) is 0 Å². The van der Waals surface area contributed by atoms with Crippen molar-refractivity contribution < 1.29 is 4.79 Å². The van der Waals surface area contributed by atoms with E-state index in [1.54, 1.807) is 30.3 Å². The highest BCUT2D eigenvalue weighted by atomic mass is 79.9. The van der Waals surface area contributed by atoms with Gasteiger partial charge in [-0.3, -0.25) is 9.59 Å². The molecule has 0 atom stereocenters. The third-order valence-corrected chi connectivity index (χ3v) is 7.31. The molecule has 0 spiro atoms. The van der Waals surface area contributed by atoms with E-state index in [4.69, 9.17) is 28.2 Å². The number of aryl methyl sites for hydroxylation is 1. The summed E-state index contributed by atoms with van der Waals surface area (Å²) >= 11 is 16.2. The summed E-state index contributed by atoms with van der Waals surface area (Å²) in [5, 5.41) is 7.55. The molecule has 10 heteroatoms. The second-order valence-electron chi connectivity index (χ2n) is 9.14. The van der Waals surface area contributed by atoms with Gasteiger partial charge in [-0.2, -0.15) is 0 Å². The minimum Gasteiger partial charge on any atom is -0.353 e. The molecule has 5 rings (SSSR count). The SMILES string of the molecule is Cc1cccc(NC(=O)CNn2c(Cc3ccccc3Nc3c(Cl)cccc3Cl)nc3ccc(Br)cc3c2=O)c1. The lowest BCUT2D eigenvalue weighted by atomic mass is 10.1. The van der Waals surface area contributed by atoms with Crippen LogP contribution in [-0.2, 0) is 11.2 Å². The van der Waals surface area contributed by atoms with Crippen molar-refractivity contribution in [1.82, 2.24) is 9.66 Å². The summed E-state index contributed by atoms with van der Waals surface area (Å²) in [6.45, 7) is 1.81. The third-order valence-electron chi connectivity index (χ3n) is 6.19. The molecule has 0 saturated heterocycles. The molecule has 202 valence electrons. The monoisotopic (exact) mass is 635 g/mol. The van der Waals surface area contributed by atoms with Crippen LogP contribution in [0, 0.1) is 6.92 Å². The standard InChI is InChI=1S/C30H24BrCl2N5O2/c1-18-6-4-8-21(14-18)35-28(39)17-34-38-27(36-26-13-12-20(31)16-22(26)30(38)40)15-19-7-2-3-11-25(19)37-29-23(32)9-5-10-24(29)33/h2-14,16,34,37H,15,17H2,1H3,(H,35,39). The quantitative estimate of drug-likeness (QED) is 0.166. The summed E-state index contributed by atoms with van der Waals surface area (Å²) in [6, 6.07) is 25.7. The van der Waals surface area contributed by atoms with Gasteiger partial charge in [0.25, 0.3) is 5.56 Å². The number of anilines is 3. The Labute approximate surface area is 249 Å². The highest BCUT2D eigenvalue weighted by Gasteiger charge is 2.16. The number of aromatic nitrogens is 2. The number of rotatable bonds is 8. The molecule has 3 N–H and O–H groups in total. The Morgan fingerprint density at radius 2 is 1.70 bits per heavy atom. The van der Waals surface area contributed by atoms with Gasteiger partial charge in [-0.05, 0) is 66.6 Å². The largest absolute Gasteiger partial charge is 0.353 e. The van der Waals surface area contributed by atoms with Crippen molar-refractivity contribution in [1.29, 1.82) is 0 Å². The molecule has 1 amide bonds. The molecule has 0 unspecified atom stereocenters. The Balaban J connectivity index is 1.48. The fraction of sp³-hybridized carbons (Fsp3) is 0.100. The molecule has 0 saturated carbocycles. The van der Waals surface area contributed by atoms with Gasteiger partial charge < -0.3 is 16.1 Å². The van der Waals surface area contributed by atoms with Crippen LogP contribution in [0.4, 0.5) is 17.1 Å². The Bertz CT molecular complexity index is 1770. The van der Waals surface area contributed by atoms with Crippen molar-refractivity contribution >= 4 is 73.0 Å². The van der Waals surface area contributed by atoms with Crippen LogP contribution in [0.2, 0.25) is 10.0 Å². The summed E-state index contributed by atoms with van der Waals surface area (Å²) in [5.74, 6) is 0.135. The average Bonchev–Trinajstić information content (AvgIpc) is 2.92. The molecular formula is C30H24BrCl2N5O2. The first-order chi connectivity index (χ1) is 19.3. The predicted octanol–water partition coefficient (Wildman–Crippen LogP) is 7.29. The predicted molar refractivity (Wildman–Crippen MR) is 167 cm³/mol. The van der Waals surface area contributed by atoms with Gasteiger partial charge in [0.1, 0.15) is 12.4 Å². The van der Waals surface area contributed by atoms with Crippen LogP contribution in [0.15, 0.2) is 94.2 Å². The van der Waals surface area contributed by atoms with Gasteiger partial charge in [0.05, 0.1) is 26.6 Å². The van der Waals surface area contributed by atoms with E-state index in [0.717, 1.165) is 21.3 Å². The van der Waals surface area contributed by atoms with E-state index in [1.165, 1.54) is 4.68 Å². The molecule has 1 aromatic heterocycles. The number of halogens is 3. The minimum atomic E-state index is -0.316. The van der Waals surface area contributed by atoms with Gasteiger partial charge in [-0.1, -0.05) is 75.5 Å². The van der Waals surface area contributed by atoms with Gasteiger partial charge in [-0.25, -0.2) is 9.66 Å². The van der Waals surface area contributed by atoms with Crippen molar-refractivity contribution in [2.24, 2.45) is 0 Å². The maximum atomic E-state index is 13.6. The number of fused-ring (bicyclic) bond motifs is 1. The number of para-hydroxylation sites is 2. The molecule has 40 heavy (non-hydrogen) atoms. The second kappa shape index (κ2) is 12.1. The molecular weight excluding hydrogens is 613 g/mol. The topological polar surface area (TPSA) is 88.1 Å². The molecule has 0 aliphatic rings. The summed E-state index contributed by atoms with van der Waals surface area (Å²) in [4.78, 5) is 31.2. The van der Waals surface area contributed by atoms with E-state index in [9.17, 15) is 9.59 Å². The van der Waals surface area contributed by atoms with E-state index in [-0.39, 0.29) is 24.4 Å². The van der Waals surface area contributed by atoms with Crippen LogP contribution in [0.25, 0.3) is 10.9 Å². The maximum absolute atomic E-state index is 13.6. The summed E-state index contributed by atoms with van der Waals surface area (Å²) in [7, 11) is 0. The lowest BCUT2D eigenvalue weighted by Gasteiger charge is -2.18. The molecule has 4 aromatic carbocycles. The zero-order valence-corrected chi connectivity index (χ0v) is 24.4. The summed E-state index contributed by atoms with van der Waals surface area (Å²) in [5.41, 5.74) is 7.11. The van der Waals surface area contributed by atoms with E-state index >= 15 is 0 Å². The van der Waals surface area contributed by atoms with Crippen LogP contribution in [0.3, 0.4) is 0 Å². The van der Waals surface area contributed by atoms with Crippen LogP contribution >= 0.6 is 39.1 Å². The Morgan fingerprint density at radius 3 is 2.48 bits per heavy atom. The Kier molecular flexibility index (Phi) is 8.40. The van der Waals surface area contributed by atoms with Gasteiger partial charge in [-0.15, -0.1) is 0 Å². The van der Waals surface area contributed by atoms with Gasteiger partial charge in [0.15, 0.2) is 0 Å². The normalized spacial score (nSPS) is 10.9. The molecule has 0 bridgehead atoms. The summed E-state index contributed by atoms with van der Waals surface area (Å²) < 4.78 is 2.09. The number of nitrogens with one attached hydrogen (secondary N) is 3. The van der Waals surface area contributed by atoms with Crippen molar-refractivity contribution in [3.05, 3.63) is 127 Å². The van der Waals surface area contributed by atoms with Crippen molar-refractivity contribution in [3.8, 4) is 0 Å².